The van der Waals surface area contributed by atoms with E-state index < -0.39 is 11.8 Å². The Bertz CT molecular complexity index is 1430. The summed E-state index contributed by atoms with van der Waals surface area (Å²) in [7, 11) is 5.28. The van der Waals surface area contributed by atoms with Gasteiger partial charge in [-0.25, -0.2) is 9.18 Å². The molecule has 0 N–H and O–H groups in total. The van der Waals surface area contributed by atoms with Crippen molar-refractivity contribution in [2.24, 2.45) is 0 Å². The summed E-state index contributed by atoms with van der Waals surface area (Å²) in [6, 6.07) is 29.4. The van der Waals surface area contributed by atoms with Crippen LogP contribution >= 0.6 is 0 Å². The zero-order valence-electron chi connectivity index (χ0n) is 21.6. The van der Waals surface area contributed by atoms with E-state index in [1.807, 2.05) is 49.3 Å². The van der Waals surface area contributed by atoms with Crippen LogP contribution in [0.5, 0.6) is 0 Å². The van der Waals surface area contributed by atoms with Gasteiger partial charge >= 0.3 is 5.97 Å². The van der Waals surface area contributed by atoms with Crippen LogP contribution in [0.3, 0.4) is 0 Å². The second-order valence-electron chi connectivity index (χ2n) is 8.99. The van der Waals surface area contributed by atoms with Gasteiger partial charge in [-0.1, -0.05) is 54.6 Å². The van der Waals surface area contributed by atoms with Gasteiger partial charge in [0, 0.05) is 37.1 Å². The number of halogens is 1. The first-order valence-electron chi connectivity index (χ1n) is 12.1. The third kappa shape index (κ3) is 6.53. The lowest BCUT2D eigenvalue weighted by molar-refractivity contribution is -0.134. The zero-order chi connectivity index (χ0) is 27.1. The molecule has 0 radical (unpaired) electrons. The molecule has 0 atom stereocenters. The molecule has 38 heavy (non-hydrogen) atoms. The van der Waals surface area contributed by atoms with Gasteiger partial charge in [0.2, 0.25) is 0 Å². The van der Waals surface area contributed by atoms with Crippen molar-refractivity contribution in [1.29, 1.82) is 0 Å². The van der Waals surface area contributed by atoms with Gasteiger partial charge in [-0.05, 0) is 70.8 Å². The number of amides is 1. The molecule has 0 saturated carbocycles. The van der Waals surface area contributed by atoms with Crippen LogP contribution in [0, 0.1) is 5.82 Å². The van der Waals surface area contributed by atoms with Gasteiger partial charge in [-0.3, -0.25) is 4.79 Å². The summed E-state index contributed by atoms with van der Waals surface area (Å²) in [5.41, 5.74) is 5.46. The molecule has 0 saturated heterocycles. The van der Waals surface area contributed by atoms with Gasteiger partial charge in [0.05, 0.1) is 13.7 Å². The standard InChI is InChI=1S/C32H29FN2O3/c1-34(2)29-16-14-26(15-17-29)25-12-9-23(10-13-25)22-35(32(37)27-7-5-4-6-8-27)30-20-24(19-28(33)21-30)11-18-31(36)38-3/h4-21H,22H2,1-3H3. The Morgan fingerprint density at radius 3 is 2.05 bits per heavy atom. The van der Waals surface area contributed by atoms with E-state index in [4.69, 9.17) is 0 Å². The number of carbonyl (C=O) groups excluding carboxylic acids is 2. The molecule has 0 heterocycles. The molecule has 5 nitrogen and oxygen atoms in total. The molecule has 0 aliphatic rings. The van der Waals surface area contributed by atoms with Crippen LogP contribution in [0.4, 0.5) is 15.8 Å². The third-order valence-electron chi connectivity index (χ3n) is 6.11. The van der Waals surface area contributed by atoms with Crippen LogP contribution in [-0.4, -0.2) is 33.1 Å². The summed E-state index contributed by atoms with van der Waals surface area (Å²) in [6.45, 7) is 0.233. The average Bonchev–Trinajstić information content (AvgIpc) is 2.94. The summed E-state index contributed by atoms with van der Waals surface area (Å²) >= 11 is 0. The summed E-state index contributed by atoms with van der Waals surface area (Å²) < 4.78 is 19.3. The first-order chi connectivity index (χ1) is 18.3. The van der Waals surface area contributed by atoms with E-state index in [-0.39, 0.29) is 12.5 Å². The molecule has 192 valence electrons. The number of nitrogens with zero attached hydrogens (tertiary/aromatic N) is 2. The molecule has 0 aliphatic heterocycles. The number of hydrogen-bond acceptors (Lipinski definition) is 4. The fraction of sp³-hybridized carbons (Fsp3) is 0.125. The average molecular weight is 509 g/mol. The van der Waals surface area contributed by atoms with Crippen LogP contribution in [0.15, 0.2) is 103 Å². The van der Waals surface area contributed by atoms with E-state index >= 15 is 0 Å². The quantitative estimate of drug-likeness (QED) is 0.199. The van der Waals surface area contributed by atoms with Crippen molar-refractivity contribution < 1.29 is 18.7 Å². The SMILES string of the molecule is COC(=O)C=Cc1cc(F)cc(N(Cc2ccc(-c3ccc(N(C)C)cc3)cc2)C(=O)c2ccccc2)c1. The van der Waals surface area contributed by atoms with Crippen molar-refractivity contribution >= 4 is 29.3 Å². The monoisotopic (exact) mass is 508 g/mol. The number of methoxy groups -OCH3 is 1. The summed E-state index contributed by atoms with van der Waals surface area (Å²) in [6.07, 6.45) is 2.67. The maximum Gasteiger partial charge on any atom is 0.330 e. The Hall–Kier alpha value is -4.71. The summed E-state index contributed by atoms with van der Waals surface area (Å²) in [5, 5.41) is 0. The van der Waals surface area contributed by atoms with Gasteiger partial charge in [-0.2, -0.15) is 0 Å². The Labute approximate surface area is 222 Å². The lowest BCUT2D eigenvalue weighted by atomic mass is 10.0. The second-order valence-corrected chi connectivity index (χ2v) is 8.99. The third-order valence-corrected chi connectivity index (χ3v) is 6.11. The number of esters is 1. The Morgan fingerprint density at radius 2 is 1.45 bits per heavy atom. The van der Waals surface area contributed by atoms with Crippen molar-refractivity contribution in [2.75, 3.05) is 31.0 Å². The highest BCUT2D eigenvalue weighted by Gasteiger charge is 2.19. The van der Waals surface area contributed by atoms with E-state index in [1.165, 1.54) is 36.3 Å². The first kappa shape index (κ1) is 26.4. The van der Waals surface area contributed by atoms with Gasteiger partial charge in [0.15, 0.2) is 0 Å². The van der Waals surface area contributed by atoms with Crippen molar-refractivity contribution in [3.8, 4) is 11.1 Å². The molecule has 0 unspecified atom stereocenters. The minimum Gasteiger partial charge on any atom is -0.466 e. The van der Waals surface area contributed by atoms with Crippen molar-refractivity contribution in [3.63, 3.8) is 0 Å². The molecule has 0 aromatic heterocycles. The van der Waals surface area contributed by atoms with E-state index in [2.05, 4.69) is 29.0 Å². The maximum atomic E-state index is 14.6. The normalized spacial score (nSPS) is 10.8. The van der Waals surface area contributed by atoms with Crippen LogP contribution in [0.2, 0.25) is 0 Å². The lowest BCUT2D eigenvalue weighted by Gasteiger charge is -2.24. The molecular weight excluding hydrogens is 479 g/mol. The molecule has 6 heteroatoms. The number of hydrogen-bond donors (Lipinski definition) is 0. The van der Waals surface area contributed by atoms with E-state index in [9.17, 15) is 14.0 Å². The smallest absolute Gasteiger partial charge is 0.330 e. The first-order valence-corrected chi connectivity index (χ1v) is 12.1. The van der Waals surface area contributed by atoms with Crippen LogP contribution in [0.25, 0.3) is 17.2 Å². The highest BCUT2D eigenvalue weighted by Crippen LogP contribution is 2.26. The van der Waals surface area contributed by atoms with Crippen molar-refractivity contribution in [2.45, 2.75) is 6.54 Å². The number of benzene rings is 4. The predicted molar refractivity (Wildman–Crippen MR) is 151 cm³/mol. The van der Waals surface area contributed by atoms with Crippen molar-refractivity contribution in [1.82, 2.24) is 0 Å². The van der Waals surface area contributed by atoms with Gasteiger partial charge in [0.1, 0.15) is 5.82 Å². The molecule has 0 spiro atoms. The number of rotatable bonds is 8. The molecule has 0 aliphatic carbocycles. The second kappa shape index (κ2) is 12.0. The zero-order valence-corrected chi connectivity index (χ0v) is 21.6. The lowest BCUT2D eigenvalue weighted by Crippen LogP contribution is -2.30. The molecule has 4 rings (SSSR count). The van der Waals surface area contributed by atoms with Crippen molar-refractivity contribution in [3.05, 3.63) is 126 Å². The molecule has 4 aromatic carbocycles. The van der Waals surface area contributed by atoms with E-state index in [0.29, 0.717) is 16.8 Å². The topological polar surface area (TPSA) is 49.9 Å². The van der Waals surface area contributed by atoms with E-state index in [1.54, 1.807) is 30.3 Å². The van der Waals surface area contributed by atoms with Crippen LogP contribution in [-0.2, 0) is 16.1 Å². The number of anilines is 2. The van der Waals surface area contributed by atoms with Gasteiger partial charge in [0.25, 0.3) is 5.91 Å². The summed E-state index contributed by atoms with van der Waals surface area (Å²) in [5.74, 6) is -1.33. The minimum atomic E-state index is -0.551. The van der Waals surface area contributed by atoms with Gasteiger partial charge < -0.3 is 14.5 Å². The molecule has 1 amide bonds. The van der Waals surface area contributed by atoms with Gasteiger partial charge in [-0.15, -0.1) is 0 Å². The number of ether oxygens (including phenoxy) is 1. The Morgan fingerprint density at radius 1 is 0.816 bits per heavy atom. The molecular formula is C32H29FN2O3. The molecule has 0 fully saturated rings. The fourth-order valence-corrected chi connectivity index (χ4v) is 4.03. The number of carbonyl (C=O) groups is 2. The largest absolute Gasteiger partial charge is 0.466 e. The van der Waals surface area contributed by atoms with Crippen LogP contribution < -0.4 is 9.80 Å². The predicted octanol–water partition coefficient (Wildman–Crippen LogP) is 6.59. The van der Waals surface area contributed by atoms with Crippen LogP contribution in [0.1, 0.15) is 21.5 Å². The maximum absolute atomic E-state index is 14.6. The fourth-order valence-electron chi connectivity index (χ4n) is 4.03. The minimum absolute atomic E-state index is 0.233. The summed E-state index contributed by atoms with van der Waals surface area (Å²) in [4.78, 5) is 28.7. The highest BCUT2D eigenvalue weighted by atomic mass is 19.1. The van der Waals surface area contributed by atoms with E-state index in [0.717, 1.165) is 22.4 Å². The Balaban J connectivity index is 1.65. The molecule has 0 bridgehead atoms. The highest BCUT2D eigenvalue weighted by molar-refractivity contribution is 6.06. The molecule has 4 aromatic rings. The Kier molecular flexibility index (Phi) is 8.34.